The van der Waals surface area contributed by atoms with E-state index in [1.54, 1.807) is 0 Å². The minimum absolute atomic E-state index is 0.258. The van der Waals surface area contributed by atoms with Gasteiger partial charge in [0.15, 0.2) is 0 Å². The predicted octanol–water partition coefficient (Wildman–Crippen LogP) is 1.94. The predicted molar refractivity (Wildman–Crippen MR) is 82.6 cm³/mol. The standard InChI is InChI=1S/C16H24N4/c1-19(2)16(7-4-8-16)12-20(3)15-6-5-13(10-17)9-14(15)11-18/h5-6,9H,4,7-8,10,12,17H2,1-3H3. The molecular weight excluding hydrogens is 248 g/mol. The molecule has 2 N–H and O–H groups in total. The number of hydrogen-bond donors (Lipinski definition) is 1. The third-order valence-corrected chi connectivity index (χ3v) is 4.59. The molecule has 0 amide bonds. The van der Waals surface area contributed by atoms with Gasteiger partial charge in [-0.1, -0.05) is 6.07 Å². The molecule has 4 nitrogen and oxygen atoms in total. The van der Waals surface area contributed by atoms with Gasteiger partial charge in [-0.3, -0.25) is 0 Å². The molecule has 0 spiro atoms. The molecular formula is C16H24N4. The Morgan fingerprint density at radius 1 is 1.30 bits per heavy atom. The fourth-order valence-corrected chi connectivity index (χ4v) is 2.99. The first-order valence-corrected chi connectivity index (χ1v) is 7.14. The second-order valence-electron chi connectivity index (χ2n) is 6.00. The van der Waals surface area contributed by atoms with Crippen LogP contribution in [0.1, 0.15) is 30.4 Å². The molecule has 0 heterocycles. The van der Waals surface area contributed by atoms with E-state index in [0.717, 1.165) is 17.8 Å². The van der Waals surface area contributed by atoms with Gasteiger partial charge in [0, 0.05) is 25.7 Å². The van der Waals surface area contributed by atoms with E-state index in [-0.39, 0.29) is 5.54 Å². The lowest BCUT2D eigenvalue weighted by molar-refractivity contribution is 0.0683. The highest BCUT2D eigenvalue weighted by Gasteiger charge is 2.40. The van der Waals surface area contributed by atoms with Crippen molar-refractivity contribution in [2.75, 3.05) is 32.6 Å². The number of nitrogens with zero attached hydrogens (tertiary/aromatic N) is 3. The first kappa shape index (κ1) is 14.8. The van der Waals surface area contributed by atoms with Crippen molar-refractivity contribution in [2.45, 2.75) is 31.3 Å². The molecule has 20 heavy (non-hydrogen) atoms. The lowest BCUT2D eigenvalue weighted by atomic mass is 9.75. The van der Waals surface area contributed by atoms with E-state index in [4.69, 9.17) is 5.73 Å². The van der Waals surface area contributed by atoms with Gasteiger partial charge in [-0.15, -0.1) is 0 Å². The number of likely N-dealkylation sites (N-methyl/N-ethyl adjacent to an activating group) is 2. The summed E-state index contributed by atoms with van der Waals surface area (Å²) in [6.07, 6.45) is 3.75. The summed E-state index contributed by atoms with van der Waals surface area (Å²) in [6.45, 7) is 1.43. The minimum atomic E-state index is 0.258. The molecule has 0 atom stereocenters. The summed E-state index contributed by atoms with van der Waals surface area (Å²) < 4.78 is 0. The average Bonchev–Trinajstić information content (AvgIpc) is 2.41. The molecule has 1 saturated carbocycles. The van der Waals surface area contributed by atoms with Gasteiger partial charge in [0.1, 0.15) is 6.07 Å². The highest BCUT2D eigenvalue weighted by Crippen LogP contribution is 2.37. The zero-order chi connectivity index (χ0) is 14.8. The third-order valence-electron chi connectivity index (χ3n) is 4.59. The van der Waals surface area contributed by atoms with Gasteiger partial charge in [-0.05, 0) is 51.1 Å². The van der Waals surface area contributed by atoms with Gasteiger partial charge in [-0.25, -0.2) is 0 Å². The van der Waals surface area contributed by atoms with E-state index in [0.29, 0.717) is 12.1 Å². The van der Waals surface area contributed by atoms with E-state index in [9.17, 15) is 5.26 Å². The van der Waals surface area contributed by atoms with Crippen molar-refractivity contribution in [1.29, 1.82) is 5.26 Å². The largest absolute Gasteiger partial charge is 0.372 e. The second kappa shape index (κ2) is 5.82. The molecule has 1 fully saturated rings. The first-order valence-electron chi connectivity index (χ1n) is 7.14. The molecule has 0 bridgehead atoms. The van der Waals surface area contributed by atoms with Crippen LogP contribution >= 0.6 is 0 Å². The van der Waals surface area contributed by atoms with Gasteiger partial charge in [-0.2, -0.15) is 5.26 Å². The smallest absolute Gasteiger partial charge is 0.101 e. The summed E-state index contributed by atoms with van der Waals surface area (Å²) in [4.78, 5) is 4.53. The van der Waals surface area contributed by atoms with Crippen LogP contribution in [0, 0.1) is 11.3 Å². The van der Waals surface area contributed by atoms with Crippen molar-refractivity contribution >= 4 is 5.69 Å². The van der Waals surface area contributed by atoms with Crippen molar-refractivity contribution in [1.82, 2.24) is 4.90 Å². The molecule has 0 radical (unpaired) electrons. The topological polar surface area (TPSA) is 56.3 Å². The van der Waals surface area contributed by atoms with E-state index in [1.165, 1.54) is 19.3 Å². The number of nitrogens with two attached hydrogens (primary N) is 1. The molecule has 1 aliphatic rings. The Balaban J connectivity index is 2.21. The van der Waals surface area contributed by atoms with Gasteiger partial charge in [0.05, 0.1) is 11.3 Å². The number of nitriles is 1. The Kier molecular flexibility index (Phi) is 4.32. The molecule has 1 aromatic rings. The van der Waals surface area contributed by atoms with E-state index in [1.807, 2.05) is 18.2 Å². The van der Waals surface area contributed by atoms with Crippen LogP contribution < -0.4 is 10.6 Å². The van der Waals surface area contributed by atoms with Crippen molar-refractivity contribution in [3.8, 4) is 6.07 Å². The second-order valence-corrected chi connectivity index (χ2v) is 6.00. The maximum absolute atomic E-state index is 9.34. The summed E-state index contributed by atoms with van der Waals surface area (Å²) in [5, 5.41) is 9.34. The molecule has 0 saturated heterocycles. The molecule has 2 rings (SSSR count). The van der Waals surface area contributed by atoms with Gasteiger partial charge in [0.25, 0.3) is 0 Å². The van der Waals surface area contributed by atoms with Crippen LogP contribution in [0.3, 0.4) is 0 Å². The molecule has 1 aromatic carbocycles. The van der Waals surface area contributed by atoms with Crippen LogP contribution in [0.25, 0.3) is 0 Å². The lowest BCUT2D eigenvalue weighted by Crippen LogP contribution is -2.56. The fourth-order valence-electron chi connectivity index (χ4n) is 2.99. The van der Waals surface area contributed by atoms with E-state index >= 15 is 0 Å². The van der Waals surface area contributed by atoms with Crippen LogP contribution in [0.4, 0.5) is 5.69 Å². The molecule has 1 aliphatic carbocycles. The van der Waals surface area contributed by atoms with Crippen LogP contribution in [0.15, 0.2) is 18.2 Å². The normalized spacial score (nSPS) is 16.6. The monoisotopic (exact) mass is 272 g/mol. The molecule has 4 heteroatoms. The van der Waals surface area contributed by atoms with Crippen LogP contribution in [0.5, 0.6) is 0 Å². The first-order chi connectivity index (χ1) is 9.52. The molecule has 0 aromatic heterocycles. The maximum Gasteiger partial charge on any atom is 0.101 e. The van der Waals surface area contributed by atoms with Crippen LogP contribution in [-0.2, 0) is 6.54 Å². The Hall–Kier alpha value is -1.57. The van der Waals surface area contributed by atoms with Crippen molar-refractivity contribution < 1.29 is 0 Å². The third kappa shape index (κ3) is 2.65. The molecule has 0 unspecified atom stereocenters. The maximum atomic E-state index is 9.34. The Labute approximate surface area is 121 Å². The summed E-state index contributed by atoms with van der Waals surface area (Å²) in [5.74, 6) is 0. The number of anilines is 1. The van der Waals surface area contributed by atoms with Crippen molar-refractivity contribution in [3.05, 3.63) is 29.3 Å². The van der Waals surface area contributed by atoms with E-state index < -0.39 is 0 Å². The van der Waals surface area contributed by atoms with Gasteiger partial charge in [0.2, 0.25) is 0 Å². The Morgan fingerprint density at radius 2 is 2.00 bits per heavy atom. The quantitative estimate of drug-likeness (QED) is 0.890. The molecule has 0 aliphatic heterocycles. The zero-order valence-corrected chi connectivity index (χ0v) is 12.7. The Morgan fingerprint density at radius 3 is 2.45 bits per heavy atom. The average molecular weight is 272 g/mol. The number of rotatable bonds is 5. The van der Waals surface area contributed by atoms with Crippen molar-refractivity contribution in [2.24, 2.45) is 5.73 Å². The minimum Gasteiger partial charge on any atom is -0.372 e. The van der Waals surface area contributed by atoms with E-state index in [2.05, 4.69) is 37.0 Å². The lowest BCUT2D eigenvalue weighted by Gasteiger charge is -2.49. The fraction of sp³-hybridized carbons (Fsp3) is 0.562. The number of hydrogen-bond acceptors (Lipinski definition) is 4. The summed E-state index contributed by atoms with van der Waals surface area (Å²) in [5.41, 5.74) is 8.61. The Bertz CT molecular complexity index is 512. The zero-order valence-electron chi connectivity index (χ0n) is 12.7. The summed E-state index contributed by atoms with van der Waals surface area (Å²) in [7, 11) is 6.37. The van der Waals surface area contributed by atoms with Gasteiger partial charge >= 0.3 is 0 Å². The van der Waals surface area contributed by atoms with Crippen molar-refractivity contribution in [3.63, 3.8) is 0 Å². The highest BCUT2D eigenvalue weighted by molar-refractivity contribution is 5.60. The SMILES string of the molecule is CN(CC1(N(C)C)CCC1)c1ccc(CN)cc1C#N. The van der Waals surface area contributed by atoms with Crippen LogP contribution in [0.2, 0.25) is 0 Å². The molecule has 108 valence electrons. The van der Waals surface area contributed by atoms with Crippen LogP contribution in [-0.4, -0.2) is 38.1 Å². The van der Waals surface area contributed by atoms with Gasteiger partial charge < -0.3 is 15.5 Å². The highest BCUT2D eigenvalue weighted by atomic mass is 15.2. The number of benzene rings is 1. The summed E-state index contributed by atoms with van der Waals surface area (Å²) >= 11 is 0. The summed E-state index contributed by atoms with van der Waals surface area (Å²) in [6, 6.07) is 8.22.